The highest BCUT2D eigenvalue weighted by molar-refractivity contribution is 5.80. The molecule has 21 heavy (non-hydrogen) atoms. The van der Waals surface area contributed by atoms with E-state index in [1.807, 2.05) is 0 Å². The number of hydrogen-bond donors (Lipinski definition) is 1. The minimum absolute atomic E-state index is 0.00935. The minimum Gasteiger partial charge on any atom is -0.369 e. The van der Waals surface area contributed by atoms with Gasteiger partial charge in [0.1, 0.15) is 0 Å². The molecule has 0 radical (unpaired) electrons. The van der Waals surface area contributed by atoms with Crippen LogP contribution in [0.15, 0.2) is 41.5 Å². The Hall–Kier alpha value is -1.83. The van der Waals surface area contributed by atoms with Crippen LogP contribution in [0.5, 0.6) is 0 Å². The highest BCUT2D eigenvalue weighted by Gasteiger charge is 2.42. The van der Waals surface area contributed by atoms with E-state index in [1.165, 1.54) is 35.1 Å². The first-order chi connectivity index (χ1) is 10.2. The summed E-state index contributed by atoms with van der Waals surface area (Å²) in [5.74, 6) is 0.556. The van der Waals surface area contributed by atoms with Gasteiger partial charge in [-0.2, -0.15) is 0 Å². The number of nitrogens with two attached hydrogens (primary N) is 1. The van der Waals surface area contributed by atoms with Crippen LogP contribution in [0.3, 0.4) is 0 Å². The van der Waals surface area contributed by atoms with Gasteiger partial charge in [0.25, 0.3) is 0 Å². The molecule has 0 aliphatic heterocycles. The van der Waals surface area contributed by atoms with Gasteiger partial charge in [-0.05, 0) is 48.3 Å². The molecule has 0 spiro atoms. The van der Waals surface area contributed by atoms with Gasteiger partial charge in [0.15, 0.2) is 0 Å². The van der Waals surface area contributed by atoms with E-state index >= 15 is 0 Å². The summed E-state index contributed by atoms with van der Waals surface area (Å²) in [6.45, 7) is 0. The maximum Gasteiger partial charge on any atom is 0.221 e. The average molecular weight is 279 g/mol. The summed E-state index contributed by atoms with van der Waals surface area (Å²) in [4.78, 5) is 12.1. The molecule has 3 aliphatic carbocycles. The summed E-state index contributed by atoms with van der Waals surface area (Å²) in [5, 5.41) is 0. The van der Waals surface area contributed by atoms with Crippen LogP contribution in [0.1, 0.15) is 36.8 Å². The third kappa shape index (κ3) is 2.05. The Labute approximate surface area is 125 Å². The molecule has 0 bridgehead atoms. The summed E-state index contributed by atoms with van der Waals surface area (Å²) in [6, 6.07) is 8.52. The fraction of sp³-hybridized carbons (Fsp3) is 0.421. The zero-order valence-corrected chi connectivity index (χ0v) is 12.2. The van der Waals surface area contributed by atoms with Crippen LogP contribution in [0, 0.1) is 17.8 Å². The SMILES string of the molecule is NC(=O)C1C2Cc3ccccc3C=C2C=C2CCCCC21. The van der Waals surface area contributed by atoms with Crippen molar-refractivity contribution >= 4 is 12.0 Å². The lowest BCUT2D eigenvalue weighted by Crippen LogP contribution is -2.42. The molecule has 3 unspecified atom stereocenters. The first kappa shape index (κ1) is 12.9. The molecular weight excluding hydrogens is 258 g/mol. The standard InChI is InChI=1S/C19H21NO/c20-19(21)18-16-8-4-3-7-14(16)10-15-9-12-5-1-2-6-13(12)11-17(15)18/h1-2,5-6,9-10,16-18H,3-4,7-8,11H2,(H2,20,21). The van der Waals surface area contributed by atoms with Gasteiger partial charge in [0.05, 0.1) is 5.92 Å². The molecule has 2 heteroatoms. The van der Waals surface area contributed by atoms with Crippen molar-refractivity contribution in [1.29, 1.82) is 0 Å². The molecule has 1 fully saturated rings. The van der Waals surface area contributed by atoms with Crippen molar-refractivity contribution in [3.8, 4) is 0 Å². The summed E-state index contributed by atoms with van der Waals surface area (Å²) < 4.78 is 0. The molecule has 108 valence electrons. The zero-order valence-electron chi connectivity index (χ0n) is 12.2. The molecule has 3 aliphatic rings. The van der Waals surface area contributed by atoms with Crippen LogP contribution in [0.4, 0.5) is 0 Å². The summed E-state index contributed by atoms with van der Waals surface area (Å²) in [6.07, 6.45) is 10.4. The second-order valence-corrected chi connectivity index (χ2v) is 6.65. The number of hydrogen-bond acceptors (Lipinski definition) is 1. The molecule has 1 aromatic carbocycles. The molecule has 1 saturated carbocycles. The van der Waals surface area contributed by atoms with E-state index in [9.17, 15) is 4.79 Å². The molecule has 2 N–H and O–H groups in total. The van der Waals surface area contributed by atoms with Gasteiger partial charge in [-0.1, -0.05) is 48.4 Å². The van der Waals surface area contributed by atoms with Crippen LogP contribution in [-0.2, 0) is 11.2 Å². The van der Waals surface area contributed by atoms with Crippen molar-refractivity contribution in [1.82, 2.24) is 0 Å². The van der Waals surface area contributed by atoms with Gasteiger partial charge in [-0.25, -0.2) is 0 Å². The summed E-state index contributed by atoms with van der Waals surface area (Å²) in [5.41, 5.74) is 11.3. The number of carbonyl (C=O) groups excluding carboxylic acids is 1. The molecular formula is C19H21NO. The number of amides is 1. The molecule has 0 heterocycles. The van der Waals surface area contributed by atoms with E-state index in [1.54, 1.807) is 0 Å². The second-order valence-electron chi connectivity index (χ2n) is 6.65. The van der Waals surface area contributed by atoms with Crippen LogP contribution in [-0.4, -0.2) is 5.91 Å². The molecule has 2 nitrogen and oxygen atoms in total. The first-order valence-corrected chi connectivity index (χ1v) is 8.03. The Kier molecular flexibility index (Phi) is 2.99. The fourth-order valence-electron chi connectivity index (χ4n) is 4.53. The normalized spacial score (nSPS) is 30.4. The second kappa shape index (κ2) is 4.87. The summed E-state index contributed by atoms with van der Waals surface area (Å²) in [7, 11) is 0. The first-order valence-electron chi connectivity index (χ1n) is 8.03. The third-order valence-corrected chi connectivity index (χ3v) is 5.50. The van der Waals surface area contributed by atoms with Crippen LogP contribution in [0.2, 0.25) is 0 Å². The van der Waals surface area contributed by atoms with Gasteiger partial charge < -0.3 is 5.73 Å². The topological polar surface area (TPSA) is 43.1 Å². The smallest absolute Gasteiger partial charge is 0.221 e. The lowest BCUT2D eigenvalue weighted by Gasteiger charge is -2.42. The van der Waals surface area contributed by atoms with Crippen molar-refractivity contribution in [2.75, 3.05) is 0 Å². The Bertz CT molecular complexity index is 655. The van der Waals surface area contributed by atoms with Crippen molar-refractivity contribution in [3.63, 3.8) is 0 Å². The zero-order chi connectivity index (χ0) is 14.4. The molecule has 4 rings (SSSR count). The van der Waals surface area contributed by atoms with Crippen molar-refractivity contribution in [2.45, 2.75) is 32.1 Å². The quantitative estimate of drug-likeness (QED) is 0.840. The third-order valence-electron chi connectivity index (χ3n) is 5.50. The maximum atomic E-state index is 12.1. The van der Waals surface area contributed by atoms with Crippen molar-refractivity contribution in [3.05, 3.63) is 52.6 Å². The lowest BCUT2D eigenvalue weighted by atomic mass is 9.62. The number of benzene rings is 1. The van der Waals surface area contributed by atoms with Crippen LogP contribution < -0.4 is 5.73 Å². The molecule has 1 amide bonds. The van der Waals surface area contributed by atoms with Gasteiger partial charge in [-0.15, -0.1) is 0 Å². The average Bonchev–Trinajstić information content (AvgIpc) is 2.50. The van der Waals surface area contributed by atoms with Crippen molar-refractivity contribution < 1.29 is 4.79 Å². The molecule has 0 saturated heterocycles. The Morgan fingerprint density at radius 1 is 1.10 bits per heavy atom. The van der Waals surface area contributed by atoms with Crippen LogP contribution >= 0.6 is 0 Å². The molecule has 3 atom stereocenters. The van der Waals surface area contributed by atoms with E-state index in [2.05, 4.69) is 36.4 Å². The van der Waals surface area contributed by atoms with E-state index < -0.39 is 0 Å². The Morgan fingerprint density at radius 2 is 1.95 bits per heavy atom. The lowest BCUT2D eigenvalue weighted by molar-refractivity contribution is -0.124. The Morgan fingerprint density at radius 3 is 2.81 bits per heavy atom. The monoisotopic (exact) mass is 279 g/mol. The van der Waals surface area contributed by atoms with Gasteiger partial charge in [-0.3, -0.25) is 4.79 Å². The van der Waals surface area contributed by atoms with E-state index in [-0.39, 0.29) is 17.7 Å². The maximum absolute atomic E-state index is 12.1. The highest BCUT2D eigenvalue weighted by Crippen LogP contribution is 2.48. The molecule has 0 aromatic heterocycles. The van der Waals surface area contributed by atoms with E-state index in [4.69, 9.17) is 5.73 Å². The number of primary amides is 1. The number of carbonyl (C=O) groups is 1. The predicted molar refractivity (Wildman–Crippen MR) is 84.3 cm³/mol. The highest BCUT2D eigenvalue weighted by atomic mass is 16.1. The number of fused-ring (bicyclic) bond motifs is 3. The largest absolute Gasteiger partial charge is 0.369 e. The van der Waals surface area contributed by atoms with Gasteiger partial charge in [0.2, 0.25) is 5.91 Å². The van der Waals surface area contributed by atoms with E-state index in [0.29, 0.717) is 5.92 Å². The van der Waals surface area contributed by atoms with Crippen LogP contribution in [0.25, 0.3) is 6.08 Å². The Balaban J connectivity index is 1.83. The number of allylic oxidation sites excluding steroid dienone is 3. The molecule has 1 aromatic rings. The fourth-order valence-corrected chi connectivity index (χ4v) is 4.53. The summed E-state index contributed by atoms with van der Waals surface area (Å²) >= 11 is 0. The predicted octanol–water partition coefficient (Wildman–Crippen LogP) is 3.47. The minimum atomic E-state index is -0.109. The van der Waals surface area contributed by atoms with Crippen molar-refractivity contribution in [2.24, 2.45) is 23.5 Å². The van der Waals surface area contributed by atoms with E-state index in [0.717, 1.165) is 19.3 Å². The van der Waals surface area contributed by atoms with Gasteiger partial charge in [0, 0.05) is 5.92 Å². The number of rotatable bonds is 1. The van der Waals surface area contributed by atoms with Gasteiger partial charge >= 0.3 is 0 Å².